The van der Waals surface area contributed by atoms with Crippen molar-refractivity contribution in [1.82, 2.24) is 0 Å². The standard InChI is InChI=1S/C16H22O/c1-13(2)14(3)10-11-15(4)17-12-16-8-6-5-7-9-16/h5-11,13H,12H2,1-4H3/b14-10+,15-11+. The summed E-state index contributed by atoms with van der Waals surface area (Å²) in [5, 5.41) is 0. The van der Waals surface area contributed by atoms with Crippen molar-refractivity contribution < 1.29 is 4.74 Å². The molecular weight excluding hydrogens is 208 g/mol. The summed E-state index contributed by atoms with van der Waals surface area (Å²) in [5.41, 5.74) is 2.57. The first-order chi connectivity index (χ1) is 8.09. The van der Waals surface area contributed by atoms with E-state index in [4.69, 9.17) is 4.74 Å². The molecule has 0 radical (unpaired) electrons. The molecule has 1 aromatic carbocycles. The third-order valence-corrected chi connectivity index (χ3v) is 2.80. The molecule has 0 bridgehead atoms. The average molecular weight is 230 g/mol. The van der Waals surface area contributed by atoms with Gasteiger partial charge in [0.15, 0.2) is 0 Å². The zero-order valence-corrected chi connectivity index (χ0v) is 11.2. The molecule has 1 rings (SSSR count). The van der Waals surface area contributed by atoms with Crippen LogP contribution in [0, 0.1) is 5.92 Å². The molecule has 0 amide bonds. The van der Waals surface area contributed by atoms with Crippen molar-refractivity contribution in [2.45, 2.75) is 34.3 Å². The lowest BCUT2D eigenvalue weighted by Gasteiger charge is -2.06. The summed E-state index contributed by atoms with van der Waals surface area (Å²) >= 11 is 0. The molecule has 0 fully saturated rings. The van der Waals surface area contributed by atoms with Gasteiger partial charge in [0.2, 0.25) is 0 Å². The number of ether oxygens (including phenoxy) is 1. The van der Waals surface area contributed by atoms with Gasteiger partial charge in [-0.15, -0.1) is 0 Å². The van der Waals surface area contributed by atoms with Crippen LogP contribution in [0.4, 0.5) is 0 Å². The first-order valence-electron chi connectivity index (χ1n) is 6.11. The van der Waals surface area contributed by atoms with Gasteiger partial charge in [0.05, 0.1) is 5.76 Å². The molecule has 1 heteroatoms. The smallest absolute Gasteiger partial charge is 0.113 e. The van der Waals surface area contributed by atoms with Gasteiger partial charge in [-0.05, 0) is 31.4 Å². The van der Waals surface area contributed by atoms with E-state index in [1.165, 1.54) is 11.1 Å². The van der Waals surface area contributed by atoms with Crippen LogP contribution in [-0.4, -0.2) is 0 Å². The van der Waals surface area contributed by atoms with E-state index in [1.807, 2.05) is 31.2 Å². The fraction of sp³-hybridized carbons (Fsp3) is 0.375. The third kappa shape index (κ3) is 5.39. The lowest BCUT2D eigenvalue weighted by atomic mass is 10.1. The van der Waals surface area contributed by atoms with E-state index in [1.54, 1.807) is 0 Å². The van der Waals surface area contributed by atoms with E-state index in [2.05, 4.69) is 39.0 Å². The highest BCUT2D eigenvalue weighted by atomic mass is 16.5. The minimum atomic E-state index is 0.591. The van der Waals surface area contributed by atoms with Crippen molar-refractivity contribution in [1.29, 1.82) is 0 Å². The Morgan fingerprint density at radius 2 is 1.76 bits per heavy atom. The van der Waals surface area contributed by atoms with Crippen LogP contribution in [0.2, 0.25) is 0 Å². The molecule has 1 aromatic rings. The molecule has 92 valence electrons. The Kier molecular flexibility index (Phi) is 5.55. The van der Waals surface area contributed by atoms with E-state index in [9.17, 15) is 0 Å². The maximum Gasteiger partial charge on any atom is 0.113 e. The minimum Gasteiger partial charge on any atom is -0.494 e. The molecule has 0 atom stereocenters. The van der Waals surface area contributed by atoms with Crippen LogP contribution in [0.5, 0.6) is 0 Å². The second kappa shape index (κ2) is 6.95. The molecule has 1 nitrogen and oxygen atoms in total. The maximum absolute atomic E-state index is 5.67. The van der Waals surface area contributed by atoms with Crippen molar-refractivity contribution in [3.05, 3.63) is 59.4 Å². The number of rotatable bonds is 5. The first kappa shape index (κ1) is 13.6. The molecular formula is C16H22O. The van der Waals surface area contributed by atoms with E-state index >= 15 is 0 Å². The van der Waals surface area contributed by atoms with Crippen LogP contribution in [-0.2, 0) is 11.3 Å². The molecule has 0 unspecified atom stereocenters. The fourth-order valence-corrected chi connectivity index (χ4v) is 1.26. The number of hydrogen-bond acceptors (Lipinski definition) is 1. The molecule has 0 aromatic heterocycles. The summed E-state index contributed by atoms with van der Waals surface area (Å²) < 4.78 is 5.67. The van der Waals surface area contributed by atoms with E-state index in [-0.39, 0.29) is 0 Å². The third-order valence-electron chi connectivity index (χ3n) is 2.80. The predicted octanol–water partition coefficient (Wildman–Crippen LogP) is 4.71. The molecule has 0 aliphatic carbocycles. The Balaban J connectivity index is 2.47. The zero-order chi connectivity index (χ0) is 12.7. The summed E-state index contributed by atoms with van der Waals surface area (Å²) in [7, 11) is 0. The summed E-state index contributed by atoms with van der Waals surface area (Å²) in [6, 6.07) is 10.2. The van der Waals surface area contributed by atoms with Gasteiger partial charge >= 0.3 is 0 Å². The molecule has 0 N–H and O–H groups in total. The van der Waals surface area contributed by atoms with Crippen LogP contribution in [0.25, 0.3) is 0 Å². The second-order valence-electron chi connectivity index (χ2n) is 4.62. The topological polar surface area (TPSA) is 9.23 Å². The summed E-state index contributed by atoms with van der Waals surface area (Å²) in [6.07, 6.45) is 4.17. The van der Waals surface area contributed by atoms with Gasteiger partial charge in [-0.25, -0.2) is 0 Å². The van der Waals surface area contributed by atoms with Gasteiger partial charge in [0.25, 0.3) is 0 Å². The largest absolute Gasteiger partial charge is 0.494 e. The summed E-state index contributed by atoms with van der Waals surface area (Å²) in [4.78, 5) is 0. The Morgan fingerprint density at radius 1 is 1.12 bits per heavy atom. The van der Waals surface area contributed by atoms with Crippen molar-refractivity contribution >= 4 is 0 Å². The van der Waals surface area contributed by atoms with Crippen LogP contribution < -0.4 is 0 Å². The Hall–Kier alpha value is -1.50. The molecule has 0 saturated heterocycles. The predicted molar refractivity (Wildman–Crippen MR) is 73.6 cm³/mol. The maximum atomic E-state index is 5.67. The fourth-order valence-electron chi connectivity index (χ4n) is 1.26. The number of allylic oxidation sites excluding steroid dienone is 4. The zero-order valence-electron chi connectivity index (χ0n) is 11.2. The van der Waals surface area contributed by atoms with Gasteiger partial charge in [-0.2, -0.15) is 0 Å². The van der Waals surface area contributed by atoms with Crippen LogP contribution >= 0.6 is 0 Å². The SMILES string of the molecule is C/C(=C\C=C(/C)C(C)C)OCc1ccccc1. The highest BCUT2D eigenvalue weighted by molar-refractivity contribution is 5.16. The lowest BCUT2D eigenvalue weighted by molar-refractivity contribution is 0.201. The van der Waals surface area contributed by atoms with Crippen molar-refractivity contribution in [2.24, 2.45) is 5.92 Å². The van der Waals surface area contributed by atoms with E-state index < -0.39 is 0 Å². The van der Waals surface area contributed by atoms with Crippen LogP contribution in [0.3, 0.4) is 0 Å². The Labute approximate surface area is 105 Å². The van der Waals surface area contributed by atoms with E-state index in [0.29, 0.717) is 12.5 Å². The number of benzene rings is 1. The average Bonchev–Trinajstić information content (AvgIpc) is 2.34. The van der Waals surface area contributed by atoms with Gasteiger partial charge in [-0.1, -0.05) is 55.8 Å². The Bertz CT molecular complexity index is 385. The van der Waals surface area contributed by atoms with Gasteiger partial charge in [-0.3, -0.25) is 0 Å². The highest BCUT2D eigenvalue weighted by Crippen LogP contribution is 2.10. The molecule has 17 heavy (non-hydrogen) atoms. The van der Waals surface area contributed by atoms with Crippen LogP contribution in [0.15, 0.2) is 53.8 Å². The lowest BCUT2D eigenvalue weighted by Crippen LogP contribution is -1.91. The minimum absolute atomic E-state index is 0.591. The molecule has 0 heterocycles. The summed E-state index contributed by atoms with van der Waals surface area (Å²) in [6.45, 7) is 9.16. The molecule has 0 saturated carbocycles. The number of hydrogen-bond donors (Lipinski definition) is 0. The monoisotopic (exact) mass is 230 g/mol. The van der Waals surface area contributed by atoms with Gasteiger partial charge < -0.3 is 4.74 Å². The molecule has 0 aliphatic rings. The Morgan fingerprint density at radius 3 is 2.35 bits per heavy atom. The first-order valence-corrected chi connectivity index (χ1v) is 6.11. The van der Waals surface area contributed by atoms with E-state index in [0.717, 1.165) is 5.76 Å². The second-order valence-corrected chi connectivity index (χ2v) is 4.62. The van der Waals surface area contributed by atoms with Crippen molar-refractivity contribution in [2.75, 3.05) is 0 Å². The highest BCUT2D eigenvalue weighted by Gasteiger charge is 1.95. The van der Waals surface area contributed by atoms with Gasteiger partial charge in [0, 0.05) is 0 Å². The summed E-state index contributed by atoms with van der Waals surface area (Å²) in [5.74, 6) is 1.54. The normalized spacial score (nSPS) is 13.0. The molecule has 0 spiro atoms. The van der Waals surface area contributed by atoms with Gasteiger partial charge in [0.1, 0.15) is 6.61 Å². The molecule has 0 aliphatic heterocycles. The van der Waals surface area contributed by atoms with Crippen LogP contribution in [0.1, 0.15) is 33.3 Å². The van der Waals surface area contributed by atoms with Crippen molar-refractivity contribution in [3.8, 4) is 0 Å². The quantitative estimate of drug-likeness (QED) is 0.526. The van der Waals surface area contributed by atoms with Crippen molar-refractivity contribution in [3.63, 3.8) is 0 Å².